The van der Waals surface area contributed by atoms with E-state index in [-0.39, 0.29) is 0 Å². The van der Waals surface area contributed by atoms with Gasteiger partial charge in [-0.05, 0) is 0 Å². The van der Waals surface area contributed by atoms with Crippen LogP contribution in [-0.4, -0.2) is 21.8 Å². The quantitative estimate of drug-likeness (QED) is 0.471. The van der Waals surface area contributed by atoms with E-state index < -0.39 is 0 Å². The zero-order chi connectivity index (χ0) is 3.41. The van der Waals surface area contributed by atoms with E-state index in [0.717, 1.165) is 11.1 Å². The Balaban J connectivity index is 1.97. The Morgan fingerprint density at radius 2 is 2.00 bits per heavy atom. The summed E-state index contributed by atoms with van der Waals surface area (Å²) in [5, 5.41) is 1.01. The third-order valence-corrected chi connectivity index (χ3v) is 1.30. The van der Waals surface area contributed by atoms with Gasteiger partial charge in [-0.2, -0.15) is 0 Å². The van der Waals surface area contributed by atoms with Crippen molar-refractivity contribution in [2.45, 2.75) is 5.32 Å². The predicted octanol–water partition coefficient (Wildman–Crippen LogP) is 0.771. The SMILES string of the molecule is [S]CC[Se]. The van der Waals surface area contributed by atoms with Crippen LogP contribution in [0.1, 0.15) is 0 Å². The Kier molecular flexibility index (Phi) is 4.71. The van der Waals surface area contributed by atoms with E-state index in [1.807, 2.05) is 0 Å². The molecule has 0 aliphatic carbocycles. The Morgan fingerprint density at radius 1 is 1.75 bits per heavy atom. The summed E-state index contributed by atoms with van der Waals surface area (Å²) in [6.45, 7) is 0. The first-order valence-corrected chi connectivity index (χ1v) is 2.87. The van der Waals surface area contributed by atoms with Gasteiger partial charge in [0.15, 0.2) is 0 Å². The van der Waals surface area contributed by atoms with Crippen LogP contribution in [0.4, 0.5) is 0 Å². The van der Waals surface area contributed by atoms with E-state index in [4.69, 9.17) is 0 Å². The van der Waals surface area contributed by atoms with E-state index >= 15 is 0 Å². The average Bonchev–Trinajstić information content (AvgIpc) is 1.37. The van der Waals surface area contributed by atoms with Crippen molar-refractivity contribution in [2.24, 2.45) is 0 Å². The Hall–Kier alpha value is 0.869. The van der Waals surface area contributed by atoms with Crippen LogP contribution >= 0.6 is 12.6 Å². The molecule has 2 radical (unpaired) electrons. The van der Waals surface area contributed by atoms with Crippen LogP contribution in [0.25, 0.3) is 0 Å². The first-order chi connectivity index (χ1) is 1.91. The van der Waals surface area contributed by atoms with E-state index in [1.54, 1.807) is 0 Å². The topological polar surface area (TPSA) is 0 Å². The van der Waals surface area contributed by atoms with Crippen molar-refractivity contribution in [1.29, 1.82) is 0 Å². The first-order valence-electron chi connectivity index (χ1n) is 1.08. The van der Waals surface area contributed by atoms with Gasteiger partial charge in [-0.3, -0.25) is 0 Å². The predicted molar refractivity (Wildman–Crippen MR) is 23.0 cm³/mol. The molecular weight excluding hydrogens is 135 g/mol. The Bertz CT molecular complexity index is 8.00. The third kappa shape index (κ3) is 2.87. The van der Waals surface area contributed by atoms with Crippen LogP contribution in [0.2, 0.25) is 5.32 Å². The summed E-state index contributed by atoms with van der Waals surface area (Å²) in [5.41, 5.74) is 0. The summed E-state index contributed by atoms with van der Waals surface area (Å²) in [7, 11) is 0. The monoisotopic (exact) mass is 140 g/mol. The van der Waals surface area contributed by atoms with Crippen molar-refractivity contribution in [1.82, 2.24) is 0 Å². The summed E-state index contributed by atoms with van der Waals surface area (Å²) in [6.07, 6.45) is 0. The normalized spacial score (nSPS) is 7.50. The molecule has 0 heterocycles. The number of hydrogen-bond donors (Lipinski definition) is 0. The molecule has 0 aliphatic rings. The molecule has 24 valence electrons. The van der Waals surface area contributed by atoms with E-state index in [9.17, 15) is 0 Å². The summed E-state index contributed by atoms with van der Waals surface area (Å²) in [6, 6.07) is 0. The van der Waals surface area contributed by atoms with Crippen molar-refractivity contribution in [3.05, 3.63) is 0 Å². The van der Waals surface area contributed by atoms with Crippen molar-refractivity contribution >= 4 is 28.6 Å². The summed E-state index contributed by atoms with van der Waals surface area (Å²) in [5.74, 6) is 0.847. The standard InChI is InChI=1S/C2H4SSe/c3-1-2-4/h1-2H2. The van der Waals surface area contributed by atoms with Crippen LogP contribution < -0.4 is 0 Å². The first kappa shape index (κ1) is 4.87. The van der Waals surface area contributed by atoms with Gasteiger partial charge in [-0.25, -0.2) is 0 Å². The third-order valence-electron chi connectivity index (χ3n) is 0.0833. The average molecular weight is 139 g/mol. The molecule has 0 saturated carbocycles. The minimum absolute atomic E-state index is 0.847. The molecule has 0 nitrogen and oxygen atoms in total. The van der Waals surface area contributed by atoms with Crippen molar-refractivity contribution in [2.75, 3.05) is 5.75 Å². The molecule has 4 heavy (non-hydrogen) atoms. The van der Waals surface area contributed by atoms with Crippen LogP contribution in [0.15, 0.2) is 0 Å². The Morgan fingerprint density at radius 3 is 2.00 bits per heavy atom. The van der Waals surface area contributed by atoms with E-state index in [0.29, 0.717) is 0 Å². The molecule has 0 bridgehead atoms. The van der Waals surface area contributed by atoms with Crippen LogP contribution in [-0.2, 0) is 0 Å². The van der Waals surface area contributed by atoms with Crippen molar-refractivity contribution in [3.63, 3.8) is 0 Å². The molecule has 0 atom stereocenters. The zero-order valence-corrected chi connectivity index (χ0v) is 4.76. The van der Waals surface area contributed by atoms with Gasteiger partial charge in [0.2, 0.25) is 0 Å². The Labute approximate surface area is 40.2 Å². The van der Waals surface area contributed by atoms with Crippen LogP contribution in [0.3, 0.4) is 0 Å². The molecule has 0 aromatic rings. The molecule has 0 aromatic carbocycles. The fraction of sp³-hybridized carbons (Fsp3) is 1.00. The van der Waals surface area contributed by atoms with Crippen LogP contribution in [0.5, 0.6) is 0 Å². The molecule has 0 N–H and O–H groups in total. The van der Waals surface area contributed by atoms with Crippen molar-refractivity contribution in [3.8, 4) is 0 Å². The van der Waals surface area contributed by atoms with Gasteiger partial charge in [0.1, 0.15) is 0 Å². The molecule has 2 heteroatoms. The van der Waals surface area contributed by atoms with Gasteiger partial charge in [0.25, 0.3) is 0 Å². The second kappa shape index (κ2) is 3.87. The van der Waals surface area contributed by atoms with Crippen LogP contribution in [0, 0.1) is 0 Å². The van der Waals surface area contributed by atoms with Gasteiger partial charge >= 0.3 is 39.7 Å². The second-order valence-electron chi connectivity index (χ2n) is 0.408. The fourth-order valence-corrected chi connectivity index (χ4v) is 0. The number of rotatable bonds is 1. The van der Waals surface area contributed by atoms with Crippen molar-refractivity contribution < 1.29 is 0 Å². The number of hydrogen-bond acceptors (Lipinski definition) is 0. The maximum atomic E-state index is 4.52. The molecule has 0 saturated heterocycles. The van der Waals surface area contributed by atoms with E-state index in [1.165, 1.54) is 0 Å². The molecule has 0 aromatic heterocycles. The molecule has 0 amide bonds. The summed E-state index contributed by atoms with van der Waals surface area (Å²) < 4.78 is 0. The summed E-state index contributed by atoms with van der Waals surface area (Å²) >= 11 is 7.31. The molecule has 0 spiro atoms. The molecule has 0 fully saturated rings. The van der Waals surface area contributed by atoms with E-state index in [2.05, 4.69) is 28.6 Å². The second-order valence-corrected chi connectivity index (χ2v) is 1.67. The maximum absolute atomic E-state index is 4.52. The molecule has 0 unspecified atom stereocenters. The van der Waals surface area contributed by atoms with Gasteiger partial charge in [0.05, 0.1) is 0 Å². The summed E-state index contributed by atoms with van der Waals surface area (Å²) in [4.78, 5) is 0. The van der Waals surface area contributed by atoms with Gasteiger partial charge < -0.3 is 0 Å². The minimum atomic E-state index is 0.847. The zero-order valence-electron chi connectivity index (χ0n) is 2.23. The van der Waals surface area contributed by atoms with Gasteiger partial charge in [-0.1, -0.05) is 0 Å². The van der Waals surface area contributed by atoms with Gasteiger partial charge in [-0.15, -0.1) is 0 Å². The molecule has 0 aliphatic heterocycles. The molecular formula is C2H4SSe. The van der Waals surface area contributed by atoms with Gasteiger partial charge in [0, 0.05) is 0 Å². The molecule has 0 rings (SSSR count). The fourth-order valence-electron chi connectivity index (χ4n) is 0.